The van der Waals surface area contributed by atoms with Gasteiger partial charge in [-0.1, -0.05) is 26.8 Å². The monoisotopic (exact) mass is 222 g/mol. The van der Waals surface area contributed by atoms with Crippen molar-refractivity contribution in [1.29, 1.82) is 0 Å². The van der Waals surface area contributed by atoms with Crippen LogP contribution >= 0.6 is 0 Å². The van der Waals surface area contributed by atoms with Gasteiger partial charge in [0.1, 0.15) is 0 Å². The molecule has 90 valence electrons. The Labute approximate surface area is 98.0 Å². The number of pyridine rings is 1. The first-order valence-corrected chi connectivity index (χ1v) is 5.73. The number of rotatable bonds is 5. The molecule has 0 amide bonds. The molecule has 16 heavy (non-hydrogen) atoms. The van der Waals surface area contributed by atoms with E-state index in [1.165, 1.54) is 0 Å². The Morgan fingerprint density at radius 2 is 2.12 bits per heavy atom. The number of aromatic nitrogens is 1. The highest BCUT2D eigenvalue weighted by Gasteiger charge is 2.09. The second-order valence-corrected chi connectivity index (χ2v) is 5.18. The van der Waals surface area contributed by atoms with Gasteiger partial charge in [-0.3, -0.25) is 4.98 Å². The molecule has 1 aromatic rings. The normalized spacial score (nSPS) is 11.8. The van der Waals surface area contributed by atoms with Crippen LogP contribution in [0.1, 0.15) is 38.4 Å². The lowest BCUT2D eigenvalue weighted by Gasteiger charge is -2.17. The highest BCUT2D eigenvalue weighted by Crippen LogP contribution is 2.18. The summed E-state index contributed by atoms with van der Waals surface area (Å²) in [5.74, 6) is 0. The van der Waals surface area contributed by atoms with Gasteiger partial charge in [0, 0.05) is 24.9 Å². The molecular formula is C13H22N2O. The summed E-state index contributed by atoms with van der Waals surface area (Å²) in [5.41, 5.74) is 7.96. The van der Waals surface area contributed by atoms with Gasteiger partial charge >= 0.3 is 0 Å². The fraction of sp³-hybridized carbons (Fsp3) is 0.615. The second-order valence-electron chi connectivity index (χ2n) is 5.18. The molecule has 0 fully saturated rings. The maximum absolute atomic E-state index is 5.64. The summed E-state index contributed by atoms with van der Waals surface area (Å²) in [6.45, 7) is 8.50. The van der Waals surface area contributed by atoms with Gasteiger partial charge in [-0.05, 0) is 17.9 Å². The highest BCUT2D eigenvalue weighted by atomic mass is 16.5. The lowest BCUT2D eigenvalue weighted by atomic mass is 9.93. The summed E-state index contributed by atoms with van der Waals surface area (Å²) in [5, 5.41) is 0. The van der Waals surface area contributed by atoms with Crippen LogP contribution in [0, 0.1) is 5.41 Å². The van der Waals surface area contributed by atoms with Crippen LogP contribution < -0.4 is 5.73 Å². The Hall–Kier alpha value is -0.930. The van der Waals surface area contributed by atoms with Crippen LogP contribution in [-0.2, 0) is 17.9 Å². The van der Waals surface area contributed by atoms with Crippen molar-refractivity contribution in [3.8, 4) is 0 Å². The quantitative estimate of drug-likeness (QED) is 0.779. The smallest absolute Gasteiger partial charge is 0.0735 e. The summed E-state index contributed by atoms with van der Waals surface area (Å²) in [7, 11) is 0. The largest absolute Gasteiger partial charge is 0.377 e. The van der Waals surface area contributed by atoms with Gasteiger partial charge in [0.15, 0.2) is 0 Å². The highest BCUT2D eigenvalue weighted by molar-refractivity contribution is 5.18. The molecule has 0 radical (unpaired) electrons. The zero-order valence-electron chi connectivity index (χ0n) is 10.5. The molecule has 1 rings (SSSR count). The molecule has 0 aromatic carbocycles. The first-order valence-electron chi connectivity index (χ1n) is 5.73. The Morgan fingerprint density at radius 3 is 2.75 bits per heavy atom. The van der Waals surface area contributed by atoms with E-state index in [1.54, 1.807) is 6.20 Å². The van der Waals surface area contributed by atoms with Gasteiger partial charge in [0.25, 0.3) is 0 Å². The topological polar surface area (TPSA) is 48.1 Å². The number of nitrogens with two attached hydrogens (primary N) is 1. The molecule has 0 aliphatic heterocycles. The van der Waals surface area contributed by atoms with Crippen LogP contribution in [0.15, 0.2) is 18.3 Å². The predicted octanol–water partition coefficient (Wildman–Crippen LogP) is 2.49. The molecule has 1 aromatic heterocycles. The molecule has 1 heterocycles. The zero-order chi connectivity index (χ0) is 12.0. The van der Waals surface area contributed by atoms with E-state index in [2.05, 4.69) is 25.8 Å². The standard InChI is InChI=1S/C13H22N2O/c1-13(2,3)6-8-16-10-11-5-4-7-15-12(11)9-14/h4-5,7H,6,8-10,14H2,1-3H3. The molecular weight excluding hydrogens is 200 g/mol. The van der Waals surface area contributed by atoms with E-state index in [0.717, 1.165) is 24.3 Å². The Kier molecular flexibility index (Phi) is 4.90. The summed E-state index contributed by atoms with van der Waals surface area (Å²) in [6.07, 6.45) is 2.83. The Bertz CT molecular complexity index is 318. The van der Waals surface area contributed by atoms with Gasteiger partial charge in [0.2, 0.25) is 0 Å². The third-order valence-corrected chi connectivity index (χ3v) is 2.43. The number of hydrogen-bond acceptors (Lipinski definition) is 3. The first-order chi connectivity index (χ1) is 7.53. The van der Waals surface area contributed by atoms with Crippen molar-refractivity contribution in [3.63, 3.8) is 0 Å². The molecule has 2 N–H and O–H groups in total. The van der Waals surface area contributed by atoms with E-state index in [9.17, 15) is 0 Å². The van der Waals surface area contributed by atoms with Gasteiger partial charge in [-0.25, -0.2) is 0 Å². The number of hydrogen-bond donors (Lipinski definition) is 1. The molecule has 0 unspecified atom stereocenters. The third kappa shape index (κ3) is 4.73. The third-order valence-electron chi connectivity index (χ3n) is 2.43. The molecule has 0 saturated carbocycles. The van der Waals surface area contributed by atoms with Crippen LogP contribution in [0.5, 0.6) is 0 Å². The lowest BCUT2D eigenvalue weighted by molar-refractivity contribution is 0.0955. The van der Waals surface area contributed by atoms with Crippen LogP contribution in [0.2, 0.25) is 0 Å². The van der Waals surface area contributed by atoms with Gasteiger partial charge in [-0.2, -0.15) is 0 Å². The van der Waals surface area contributed by atoms with Gasteiger partial charge in [-0.15, -0.1) is 0 Å². The SMILES string of the molecule is CC(C)(C)CCOCc1cccnc1CN. The van der Waals surface area contributed by atoms with Crippen molar-refractivity contribution >= 4 is 0 Å². The molecule has 0 atom stereocenters. The summed E-state index contributed by atoms with van der Waals surface area (Å²) in [6, 6.07) is 3.94. The van der Waals surface area contributed by atoms with Gasteiger partial charge in [0.05, 0.1) is 12.3 Å². The van der Waals surface area contributed by atoms with Crippen LogP contribution in [0.4, 0.5) is 0 Å². The van der Waals surface area contributed by atoms with Crippen molar-refractivity contribution in [1.82, 2.24) is 4.98 Å². The average molecular weight is 222 g/mol. The minimum atomic E-state index is 0.325. The van der Waals surface area contributed by atoms with E-state index in [-0.39, 0.29) is 0 Å². The van der Waals surface area contributed by atoms with E-state index < -0.39 is 0 Å². The van der Waals surface area contributed by atoms with Crippen molar-refractivity contribution in [3.05, 3.63) is 29.6 Å². The fourth-order valence-electron chi connectivity index (χ4n) is 1.35. The molecule has 0 spiro atoms. The summed E-state index contributed by atoms with van der Waals surface area (Å²) >= 11 is 0. The molecule has 0 saturated heterocycles. The lowest BCUT2D eigenvalue weighted by Crippen LogP contribution is -2.11. The predicted molar refractivity (Wildman–Crippen MR) is 65.9 cm³/mol. The molecule has 0 bridgehead atoms. The maximum Gasteiger partial charge on any atom is 0.0735 e. The van der Waals surface area contributed by atoms with Crippen LogP contribution in [0.3, 0.4) is 0 Å². The van der Waals surface area contributed by atoms with Crippen LogP contribution in [-0.4, -0.2) is 11.6 Å². The summed E-state index contributed by atoms with van der Waals surface area (Å²) in [4.78, 5) is 4.22. The number of ether oxygens (including phenoxy) is 1. The zero-order valence-corrected chi connectivity index (χ0v) is 10.5. The first kappa shape index (κ1) is 13.1. The second kappa shape index (κ2) is 5.97. The number of nitrogens with zero attached hydrogens (tertiary/aromatic N) is 1. The van der Waals surface area contributed by atoms with E-state index in [1.807, 2.05) is 12.1 Å². The molecule has 0 aliphatic rings. The molecule has 0 aliphatic carbocycles. The van der Waals surface area contributed by atoms with E-state index >= 15 is 0 Å². The van der Waals surface area contributed by atoms with E-state index in [0.29, 0.717) is 18.6 Å². The minimum Gasteiger partial charge on any atom is -0.377 e. The molecule has 3 heteroatoms. The fourth-order valence-corrected chi connectivity index (χ4v) is 1.35. The minimum absolute atomic E-state index is 0.325. The average Bonchev–Trinajstić information content (AvgIpc) is 2.23. The van der Waals surface area contributed by atoms with Crippen molar-refractivity contribution in [2.24, 2.45) is 11.1 Å². The maximum atomic E-state index is 5.64. The molecule has 3 nitrogen and oxygen atoms in total. The Balaban J connectivity index is 2.37. The van der Waals surface area contributed by atoms with Crippen LogP contribution in [0.25, 0.3) is 0 Å². The Morgan fingerprint density at radius 1 is 1.38 bits per heavy atom. The van der Waals surface area contributed by atoms with Crippen molar-refractivity contribution < 1.29 is 4.74 Å². The van der Waals surface area contributed by atoms with Gasteiger partial charge < -0.3 is 10.5 Å². The summed E-state index contributed by atoms with van der Waals surface area (Å²) < 4.78 is 5.64. The van der Waals surface area contributed by atoms with E-state index in [4.69, 9.17) is 10.5 Å². The van der Waals surface area contributed by atoms with Crippen molar-refractivity contribution in [2.45, 2.75) is 40.3 Å². The van der Waals surface area contributed by atoms with Crippen molar-refractivity contribution in [2.75, 3.05) is 6.61 Å².